The minimum Gasteiger partial charge on any atom is -0.457 e. The fourth-order valence-electron chi connectivity index (χ4n) is 1.76. The quantitative estimate of drug-likeness (QED) is 0.912. The number of rotatable bonds is 3. The Kier molecular flexibility index (Phi) is 3.87. The van der Waals surface area contributed by atoms with Crippen LogP contribution in [0.25, 0.3) is 0 Å². The number of carbonyl (C=O) groups excluding carboxylic acids is 1. The number of hydrogen-bond donors (Lipinski definition) is 1. The molecule has 1 aromatic heterocycles. The van der Waals surface area contributed by atoms with Crippen molar-refractivity contribution in [3.05, 3.63) is 52.4 Å². The van der Waals surface area contributed by atoms with Gasteiger partial charge in [0.15, 0.2) is 4.67 Å². The number of anilines is 1. The van der Waals surface area contributed by atoms with E-state index in [1.165, 1.54) is 6.26 Å². The van der Waals surface area contributed by atoms with Crippen LogP contribution in [0.2, 0.25) is 0 Å². The molecule has 1 heterocycles. The topological polar surface area (TPSA) is 42.2 Å². The fourth-order valence-corrected chi connectivity index (χ4v) is 2.18. The summed E-state index contributed by atoms with van der Waals surface area (Å²) in [4.78, 5) is 12.1. The van der Waals surface area contributed by atoms with Gasteiger partial charge in [0.2, 0.25) is 0 Å². The minimum absolute atomic E-state index is 0.177. The summed E-state index contributed by atoms with van der Waals surface area (Å²) in [6.45, 7) is 4.19. The van der Waals surface area contributed by atoms with Crippen LogP contribution in [0, 0.1) is 0 Å². The molecule has 2 aromatic rings. The summed E-state index contributed by atoms with van der Waals surface area (Å²) in [6, 6.07) is 9.44. The number of benzene rings is 1. The molecular weight excluding hydrogens is 294 g/mol. The molecule has 0 fully saturated rings. The Morgan fingerprint density at radius 2 is 2.00 bits per heavy atom. The minimum atomic E-state index is -0.177. The summed E-state index contributed by atoms with van der Waals surface area (Å²) < 4.78 is 5.50. The molecule has 0 spiro atoms. The average molecular weight is 308 g/mol. The van der Waals surface area contributed by atoms with Crippen molar-refractivity contribution >= 4 is 27.5 Å². The maximum Gasteiger partial charge on any atom is 0.260 e. The van der Waals surface area contributed by atoms with Gasteiger partial charge in [-0.2, -0.15) is 0 Å². The van der Waals surface area contributed by atoms with Crippen molar-refractivity contribution < 1.29 is 9.21 Å². The molecule has 0 aliphatic heterocycles. The summed E-state index contributed by atoms with van der Waals surface area (Å²) in [5.41, 5.74) is 2.45. The third-order valence-corrected chi connectivity index (χ3v) is 3.31. The van der Waals surface area contributed by atoms with Crippen LogP contribution in [0.1, 0.15) is 35.7 Å². The Morgan fingerprint density at radius 1 is 1.28 bits per heavy atom. The van der Waals surface area contributed by atoms with Gasteiger partial charge in [-0.1, -0.05) is 32.0 Å². The third-order valence-electron chi connectivity index (χ3n) is 2.69. The van der Waals surface area contributed by atoms with Gasteiger partial charge in [-0.25, -0.2) is 0 Å². The summed E-state index contributed by atoms with van der Waals surface area (Å²) in [5, 5.41) is 2.91. The van der Waals surface area contributed by atoms with E-state index in [0.717, 1.165) is 11.3 Å². The first-order valence-corrected chi connectivity index (χ1v) is 6.52. The Morgan fingerprint density at radius 3 is 2.61 bits per heavy atom. The Labute approximate surface area is 114 Å². The Balaban J connectivity index is 2.25. The average Bonchev–Trinajstić information content (AvgIpc) is 2.76. The molecule has 4 heteroatoms. The summed E-state index contributed by atoms with van der Waals surface area (Å²) >= 11 is 3.20. The zero-order valence-electron chi connectivity index (χ0n) is 10.2. The zero-order valence-corrected chi connectivity index (χ0v) is 11.8. The van der Waals surface area contributed by atoms with Crippen LogP contribution in [-0.2, 0) is 0 Å². The second kappa shape index (κ2) is 5.40. The van der Waals surface area contributed by atoms with Crippen LogP contribution in [0.3, 0.4) is 0 Å². The largest absolute Gasteiger partial charge is 0.457 e. The standard InChI is InChI=1S/C14H14BrNO2/c1-9(2)10-5-3-4-6-12(10)16-14(17)11-7-8-18-13(11)15/h3-9H,1-2H3,(H,16,17). The molecule has 0 aliphatic rings. The zero-order chi connectivity index (χ0) is 13.1. The van der Waals surface area contributed by atoms with Crippen molar-refractivity contribution in [1.29, 1.82) is 0 Å². The SMILES string of the molecule is CC(C)c1ccccc1NC(=O)c1ccoc1Br. The van der Waals surface area contributed by atoms with Gasteiger partial charge < -0.3 is 9.73 Å². The monoisotopic (exact) mass is 307 g/mol. The van der Waals surface area contributed by atoms with Crippen molar-refractivity contribution in [3.8, 4) is 0 Å². The molecule has 1 amide bonds. The van der Waals surface area contributed by atoms with E-state index in [2.05, 4.69) is 35.1 Å². The molecule has 0 unspecified atom stereocenters. The van der Waals surface area contributed by atoms with E-state index in [9.17, 15) is 4.79 Å². The lowest BCUT2D eigenvalue weighted by Crippen LogP contribution is -2.13. The van der Waals surface area contributed by atoms with Crippen LogP contribution in [0.15, 0.2) is 45.7 Å². The molecule has 18 heavy (non-hydrogen) atoms. The van der Waals surface area contributed by atoms with Crippen molar-refractivity contribution in [2.24, 2.45) is 0 Å². The molecule has 0 aliphatic carbocycles. The maximum absolute atomic E-state index is 12.1. The van der Waals surface area contributed by atoms with Crippen LogP contribution in [-0.4, -0.2) is 5.91 Å². The van der Waals surface area contributed by atoms with E-state index in [0.29, 0.717) is 16.2 Å². The predicted molar refractivity (Wildman–Crippen MR) is 74.9 cm³/mol. The lowest BCUT2D eigenvalue weighted by Gasteiger charge is -2.13. The second-order valence-corrected chi connectivity index (χ2v) is 5.02. The van der Waals surface area contributed by atoms with Crippen molar-refractivity contribution in [1.82, 2.24) is 0 Å². The fraction of sp³-hybridized carbons (Fsp3) is 0.214. The number of halogens is 1. The Bertz CT molecular complexity index is 560. The highest BCUT2D eigenvalue weighted by atomic mass is 79.9. The van der Waals surface area contributed by atoms with Gasteiger partial charge in [0, 0.05) is 5.69 Å². The lowest BCUT2D eigenvalue weighted by molar-refractivity contribution is 0.102. The normalized spacial score (nSPS) is 10.7. The molecule has 0 saturated carbocycles. The maximum atomic E-state index is 12.1. The van der Waals surface area contributed by atoms with E-state index >= 15 is 0 Å². The number of nitrogens with one attached hydrogen (secondary N) is 1. The van der Waals surface area contributed by atoms with Crippen LogP contribution >= 0.6 is 15.9 Å². The predicted octanol–water partition coefficient (Wildman–Crippen LogP) is 4.42. The number of furan rings is 1. The van der Waals surface area contributed by atoms with E-state index in [-0.39, 0.29) is 5.91 Å². The van der Waals surface area contributed by atoms with E-state index < -0.39 is 0 Å². The van der Waals surface area contributed by atoms with Crippen LogP contribution < -0.4 is 5.32 Å². The highest BCUT2D eigenvalue weighted by Crippen LogP contribution is 2.25. The second-order valence-electron chi connectivity index (χ2n) is 4.30. The smallest absolute Gasteiger partial charge is 0.260 e. The van der Waals surface area contributed by atoms with Crippen molar-refractivity contribution in [3.63, 3.8) is 0 Å². The molecule has 94 valence electrons. The molecule has 3 nitrogen and oxygen atoms in total. The van der Waals surface area contributed by atoms with Gasteiger partial charge in [0.25, 0.3) is 5.91 Å². The highest BCUT2D eigenvalue weighted by Gasteiger charge is 2.14. The highest BCUT2D eigenvalue weighted by molar-refractivity contribution is 9.10. The Hall–Kier alpha value is -1.55. The van der Waals surface area contributed by atoms with Gasteiger partial charge in [0.05, 0.1) is 11.8 Å². The number of carbonyl (C=O) groups is 1. The molecule has 0 radical (unpaired) electrons. The number of para-hydroxylation sites is 1. The summed E-state index contributed by atoms with van der Waals surface area (Å²) in [7, 11) is 0. The molecule has 1 aromatic carbocycles. The van der Waals surface area contributed by atoms with Crippen molar-refractivity contribution in [2.75, 3.05) is 5.32 Å². The first kappa shape index (κ1) is 12.9. The van der Waals surface area contributed by atoms with E-state index in [4.69, 9.17) is 4.42 Å². The first-order chi connectivity index (χ1) is 8.59. The number of amides is 1. The molecule has 0 bridgehead atoms. The molecular formula is C14H14BrNO2. The molecule has 0 saturated heterocycles. The summed E-state index contributed by atoms with van der Waals surface area (Å²) in [5.74, 6) is 0.179. The van der Waals surface area contributed by atoms with Gasteiger partial charge in [-0.05, 0) is 39.5 Å². The van der Waals surface area contributed by atoms with Gasteiger partial charge in [0.1, 0.15) is 0 Å². The third kappa shape index (κ3) is 2.64. The van der Waals surface area contributed by atoms with E-state index in [1.54, 1.807) is 6.07 Å². The van der Waals surface area contributed by atoms with E-state index in [1.807, 2.05) is 24.3 Å². The van der Waals surface area contributed by atoms with Gasteiger partial charge in [-0.3, -0.25) is 4.79 Å². The van der Waals surface area contributed by atoms with Gasteiger partial charge >= 0.3 is 0 Å². The molecule has 2 rings (SSSR count). The van der Waals surface area contributed by atoms with Gasteiger partial charge in [-0.15, -0.1) is 0 Å². The first-order valence-electron chi connectivity index (χ1n) is 5.73. The molecule has 1 N–H and O–H groups in total. The molecule has 0 atom stereocenters. The van der Waals surface area contributed by atoms with Crippen LogP contribution in [0.5, 0.6) is 0 Å². The van der Waals surface area contributed by atoms with Crippen molar-refractivity contribution in [2.45, 2.75) is 19.8 Å². The summed E-state index contributed by atoms with van der Waals surface area (Å²) in [6.07, 6.45) is 1.48. The lowest BCUT2D eigenvalue weighted by atomic mass is 10.0. The number of hydrogen-bond acceptors (Lipinski definition) is 2. The van der Waals surface area contributed by atoms with Crippen LogP contribution in [0.4, 0.5) is 5.69 Å².